The summed E-state index contributed by atoms with van der Waals surface area (Å²) in [5.74, 6) is 0.982. The number of hydrogen-bond acceptors (Lipinski definition) is 3. The molecule has 27 heavy (non-hydrogen) atoms. The zero-order valence-electron chi connectivity index (χ0n) is 17.6. The Morgan fingerprint density at radius 1 is 1.04 bits per heavy atom. The fourth-order valence-electron chi connectivity index (χ4n) is 4.83. The molecule has 1 saturated carbocycles. The van der Waals surface area contributed by atoms with Crippen LogP contribution in [0.2, 0.25) is 0 Å². The third-order valence-corrected chi connectivity index (χ3v) is 6.68. The quantitative estimate of drug-likeness (QED) is 0.827. The van der Waals surface area contributed by atoms with E-state index >= 15 is 0 Å². The van der Waals surface area contributed by atoms with Crippen molar-refractivity contribution < 1.29 is 4.79 Å². The summed E-state index contributed by atoms with van der Waals surface area (Å²) in [4.78, 5) is 15.5. The van der Waals surface area contributed by atoms with Gasteiger partial charge in [-0.05, 0) is 107 Å². The Bertz CT molecular complexity index is 618. The first-order valence-electron chi connectivity index (χ1n) is 10.8. The molecule has 1 heterocycles. The highest BCUT2D eigenvalue weighted by Crippen LogP contribution is 2.27. The van der Waals surface area contributed by atoms with E-state index in [1.807, 2.05) is 19.2 Å². The first-order valence-corrected chi connectivity index (χ1v) is 10.8. The number of rotatable bonds is 5. The molecule has 1 aromatic carbocycles. The van der Waals surface area contributed by atoms with Gasteiger partial charge in [0.05, 0.1) is 0 Å². The van der Waals surface area contributed by atoms with Gasteiger partial charge in [0.2, 0.25) is 0 Å². The van der Waals surface area contributed by atoms with Crippen LogP contribution in [0.25, 0.3) is 0 Å². The summed E-state index contributed by atoms with van der Waals surface area (Å²) in [5, 5.41) is 6.51. The number of carbonyl (C=O) groups excluding carboxylic acids is 1. The van der Waals surface area contributed by atoms with Crippen LogP contribution in [-0.4, -0.2) is 43.0 Å². The van der Waals surface area contributed by atoms with E-state index in [2.05, 4.69) is 36.3 Å². The molecule has 150 valence electrons. The van der Waals surface area contributed by atoms with Crippen molar-refractivity contribution in [2.24, 2.45) is 5.92 Å². The molecule has 0 aromatic heterocycles. The second-order valence-corrected chi connectivity index (χ2v) is 8.82. The van der Waals surface area contributed by atoms with Crippen molar-refractivity contribution >= 4 is 5.91 Å². The van der Waals surface area contributed by atoms with Crippen LogP contribution in [0.1, 0.15) is 72.5 Å². The van der Waals surface area contributed by atoms with Crippen LogP contribution in [0.3, 0.4) is 0 Å². The Kier molecular flexibility index (Phi) is 6.93. The molecule has 1 saturated heterocycles. The molecule has 3 rings (SSSR count). The standard InChI is InChI=1S/C23H37N3O/c1-16-9-11-26(12-10-16)21-7-5-20(6-8-21)25-23(27)19-13-17(2)22(15-24-4)18(3)14-19/h13-14,16,20-21,24H,5-12,15H2,1-4H3,(H,25,27). The number of amides is 1. The Morgan fingerprint density at radius 2 is 1.63 bits per heavy atom. The highest BCUT2D eigenvalue weighted by atomic mass is 16.1. The zero-order chi connectivity index (χ0) is 19.4. The van der Waals surface area contributed by atoms with Gasteiger partial charge in [-0.1, -0.05) is 6.92 Å². The van der Waals surface area contributed by atoms with Crippen LogP contribution in [0.15, 0.2) is 12.1 Å². The van der Waals surface area contributed by atoms with Crippen molar-refractivity contribution in [3.8, 4) is 0 Å². The highest BCUT2D eigenvalue weighted by molar-refractivity contribution is 5.95. The van der Waals surface area contributed by atoms with Gasteiger partial charge < -0.3 is 15.5 Å². The van der Waals surface area contributed by atoms with E-state index < -0.39 is 0 Å². The van der Waals surface area contributed by atoms with E-state index in [1.54, 1.807) is 0 Å². The number of piperidine rings is 1. The van der Waals surface area contributed by atoms with Gasteiger partial charge >= 0.3 is 0 Å². The van der Waals surface area contributed by atoms with Crippen molar-refractivity contribution in [1.29, 1.82) is 0 Å². The number of hydrogen-bond donors (Lipinski definition) is 2. The molecule has 0 bridgehead atoms. The van der Waals surface area contributed by atoms with E-state index in [1.165, 1.54) is 55.5 Å². The van der Waals surface area contributed by atoms with Gasteiger partial charge in [0.15, 0.2) is 0 Å². The topological polar surface area (TPSA) is 44.4 Å². The lowest BCUT2D eigenvalue weighted by molar-refractivity contribution is 0.0860. The lowest BCUT2D eigenvalue weighted by atomic mass is 9.88. The average molecular weight is 372 g/mol. The summed E-state index contributed by atoms with van der Waals surface area (Å²) >= 11 is 0. The van der Waals surface area contributed by atoms with Crippen LogP contribution in [0.5, 0.6) is 0 Å². The molecule has 1 aliphatic heterocycles. The van der Waals surface area contributed by atoms with Crippen molar-refractivity contribution in [1.82, 2.24) is 15.5 Å². The largest absolute Gasteiger partial charge is 0.349 e. The first-order chi connectivity index (χ1) is 13.0. The van der Waals surface area contributed by atoms with E-state index in [-0.39, 0.29) is 5.91 Å². The monoisotopic (exact) mass is 371 g/mol. The molecule has 1 aliphatic carbocycles. The lowest BCUT2D eigenvalue weighted by Crippen LogP contribution is -2.46. The number of aryl methyl sites for hydroxylation is 2. The van der Waals surface area contributed by atoms with E-state index in [9.17, 15) is 4.79 Å². The molecule has 2 N–H and O–H groups in total. The van der Waals surface area contributed by atoms with Gasteiger partial charge in [-0.15, -0.1) is 0 Å². The molecular weight excluding hydrogens is 334 g/mol. The summed E-state index contributed by atoms with van der Waals surface area (Å²) in [5.41, 5.74) is 4.48. The number of nitrogens with zero attached hydrogens (tertiary/aromatic N) is 1. The number of benzene rings is 1. The molecule has 2 aliphatic rings. The van der Waals surface area contributed by atoms with Crippen molar-refractivity contribution in [3.05, 3.63) is 34.4 Å². The SMILES string of the molecule is CNCc1c(C)cc(C(=O)NC2CCC(N3CCC(C)CC3)CC2)cc1C. The maximum absolute atomic E-state index is 12.8. The smallest absolute Gasteiger partial charge is 0.251 e. The molecular formula is C23H37N3O. The van der Waals surface area contributed by atoms with Crippen molar-refractivity contribution in [3.63, 3.8) is 0 Å². The normalized spacial score (nSPS) is 24.7. The molecule has 4 heteroatoms. The molecule has 0 atom stereocenters. The minimum atomic E-state index is 0.0902. The van der Waals surface area contributed by atoms with Crippen molar-refractivity contribution in [2.75, 3.05) is 20.1 Å². The maximum Gasteiger partial charge on any atom is 0.251 e. The summed E-state index contributed by atoms with van der Waals surface area (Å²) in [6.07, 6.45) is 7.35. The van der Waals surface area contributed by atoms with E-state index in [0.29, 0.717) is 6.04 Å². The van der Waals surface area contributed by atoms with Crippen LogP contribution >= 0.6 is 0 Å². The second-order valence-electron chi connectivity index (χ2n) is 8.82. The Morgan fingerprint density at radius 3 is 2.19 bits per heavy atom. The second kappa shape index (κ2) is 9.20. The van der Waals surface area contributed by atoms with Gasteiger partial charge in [-0.3, -0.25) is 4.79 Å². The third-order valence-electron chi connectivity index (χ3n) is 6.68. The van der Waals surface area contributed by atoms with Gasteiger partial charge in [0.1, 0.15) is 0 Å². The fourth-order valence-corrected chi connectivity index (χ4v) is 4.83. The molecule has 2 fully saturated rings. The lowest BCUT2D eigenvalue weighted by Gasteiger charge is -2.40. The molecule has 0 radical (unpaired) electrons. The molecule has 1 amide bonds. The molecule has 0 unspecified atom stereocenters. The van der Waals surface area contributed by atoms with E-state index in [4.69, 9.17) is 0 Å². The number of carbonyl (C=O) groups is 1. The number of nitrogens with one attached hydrogen (secondary N) is 2. The molecule has 0 spiro atoms. The average Bonchev–Trinajstić information content (AvgIpc) is 2.66. The Labute approximate surface area is 165 Å². The minimum Gasteiger partial charge on any atom is -0.349 e. The highest BCUT2D eigenvalue weighted by Gasteiger charge is 2.28. The zero-order valence-corrected chi connectivity index (χ0v) is 17.6. The summed E-state index contributed by atoms with van der Waals surface area (Å²) in [6, 6.07) is 5.14. The van der Waals surface area contributed by atoms with Gasteiger partial charge in [0.25, 0.3) is 5.91 Å². The molecule has 4 nitrogen and oxygen atoms in total. The van der Waals surface area contributed by atoms with Crippen LogP contribution in [-0.2, 0) is 6.54 Å². The predicted molar refractivity (Wildman–Crippen MR) is 112 cm³/mol. The third kappa shape index (κ3) is 5.11. The van der Waals surface area contributed by atoms with Crippen molar-refractivity contribution in [2.45, 2.75) is 77.9 Å². The minimum absolute atomic E-state index is 0.0902. The maximum atomic E-state index is 12.8. The van der Waals surface area contributed by atoms with Gasteiger partial charge in [-0.25, -0.2) is 0 Å². The van der Waals surface area contributed by atoms with Gasteiger partial charge in [-0.2, -0.15) is 0 Å². The summed E-state index contributed by atoms with van der Waals surface area (Å²) in [6.45, 7) is 9.94. The Balaban J connectivity index is 1.52. The predicted octanol–water partition coefficient (Wildman–Crippen LogP) is 3.80. The van der Waals surface area contributed by atoms with Crippen LogP contribution in [0.4, 0.5) is 0 Å². The number of likely N-dealkylation sites (tertiary alicyclic amines) is 1. The summed E-state index contributed by atoms with van der Waals surface area (Å²) < 4.78 is 0. The van der Waals surface area contributed by atoms with Crippen LogP contribution in [0, 0.1) is 19.8 Å². The molecule has 1 aromatic rings. The summed E-state index contributed by atoms with van der Waals surface area (Å²) in [7, 11) is 1.96. The van der Waals surface area contributed by atoms with E-state index in [0.717, 1.165) is 36.9 Å². The van der Waals surface area contributed by atoms with Gasteiger partial charge in [0, 0.05) is 24.2 Å². The fraction of sp³-hybridized carbons (Fsp3) is 0.696. The van der Waals surface area contributed by atoms with Crippen LogP contribution < -0.4 is 10.6 Å². The first kappa shape index (κ1) is 20.3. The Hall–Kier alpha value is -1.39.